The first-order chi connectivity index (χ1) is 17.5. The molecule has 1 aliphatic heterocycles. The van der Waals surface area contributed by atoms with Crippen LogP contribution in [0.4, 0.5) is 5.69 Å². The van der Waals surface area contributed by atoms with Crippen LogP contribution in [0.25, 0.3) is 11.3 Å². The molecule has 1 aliphatic rings. The van der Waals surface area contributed by atoms with Gasteiger partial charge in [-0.05, 0) is 60.7 Å². The number of carboxylic acids is 1. The average molecular weight is 502 g/mol. The van der Waals surface area contributed by atoms with Crippen molar-refractivity contribution < 1.29 is 23.8 Å². The van der Waals surface area contributed by atoms with Gasteiger partial charge in [0.1, 0.15) is 29.1 Å². The number of methoxy groups -OCH3 is 2. The second kappa shape index (κ2) is 9.71. The molecular formula is C27H23N3O5S. The summed E-state index contributed by atoms with van der Waals surface area (Å²) in [7, 11) is 3.20. The van der Waals surface area contributed by atoms with Gasteiger partial charge in [-0.3, -0.25) is 4.98 Å². The van der Waals surface area contributed by atoms with Crippen molar-refractivity contribution in [3.05, 3.63) is 96.0 Å². The molecule has 182 valence electrons. The van der Waals surface area contributed by atoms with Crippen molar-refractivity contribution >= 4 is 29.0 Å². The molecular weight excluding hydrogens is 478 g/mol. The van der Waals surface area contributed by atoms with Gasteiger partial charge in [0.15, 0.2) is 5.11 Å². The van der Waals surface area contributed by atoms with E-state index in [9.17, 15) is 9.90 Å². The van der Waals surface area contributed by atoms with E-state index in [1.807, 2.05) is 47.4 Å². The molecule has 8 nitrogen and oxygen atoms in total. The zero-order chi connectivity index (χ0) is 25.2. The van der Waals surface area contributed by atoms with Crippen molar-refractivity contribution in [1.29, 1.82) is 0 Å². The average Bonchev–Trinajstić information content (AvgIpc) is 3.53. The summed E-state index contributed by atoms with van der Waals surface area (Å²) in [5.74, 6) is 1.56. The number of carbonyl (C=O) groups is 1. The van der Waals surface area contributed by atoms with E-state index in [2.05, 4.69) is 10.3 Å². The van der Waals surface area contributed by atoms with Gasteiger partial charge in [-0.15, -0.1) is 0 Å². The van der Waals surface area contributed by atoms with Crippen LogP contribution in [0, 0.1) is 0 Å². The first-order valence-corrected chi connectivity index (χ1v) is 11.6. The number of nitrogens with zero attached hydrogens (tertiary/aromatic N) is 2. The number of aromatic nitrogens is 1. The van der Waals surface area contributed by atoms with E-state index >= 15 is 0 Å². The van der Waals surface area contributed by atoms with Gasteiger partial charge in [0.25, 0.3) is 0 Å². The van der Waals surface area contributed by atoms with E-state index in [1.165, 1.54) is 0 Å². The van der Waals surface area contributed by atoms with Crippen LogP contribution in [0.15, 0.2) is 83.4 Å². The fourth-order valence-electron chi connectivity index (χ4n) is 4.33. The van der Waals surface area contributed by atoms with Gasteiger partial charge in [-0.25, -0.2) is 4.79 Å². The second-order valence-corrected chi connectivity index (χ2v) is 8.51. The molecule has 0 radical (unpaired) electrons. The lowest BCUT2D eigenvalue weighted by atomic mass is 10.0. The molecule has 0 spiro atoms. The number of hydrogen-bond donors (Lipinski definition) is 2. The highest BCUT2D eigenvalue weighted by Crippen LogP contribution is 2.46. The third-order valence-electron chi connectivity index (χ3n) is 6.08. The predicted molar refractivity (Wildman–Crippen MR) is 139 cm³/mol. The molecule has 3 heterocycles. The zero-order valence-electron chi connectivity index (χ0n) is 19.5. The Balaban J connectivity index is 1.59. The molecule has 4 aromatic rings. The SMILES string of the molecule is COc1ccc(N2C(=S)N[C@H](c3ccccn3)[C@@H]2c2ccc(-c3ccc(C(=O)O)cc3)o2)c(OC)c1. The molecule has 36 heavy (non-hydrogen) atoms. The van der Waals surface area contributed by atoms with Crippen molar-refractivity contribution in [3.63, 3.8) is 0 Å². The van der Waals surface area contributed by atoms with Crippen LogP contribution in [-0.2, 0) is 0 Å². The molecule has 0 saturated carbocycles. The topological polar surface area (TPSA) is 97.1 Å². The summed E-state index contributed by atoms with van der Waals surface area (Å²) in [4.78, 5) is 17.7. The number of furan rings is 1. The van der Waals surface area contributed by atoms with Crippen molar-refractivity contribution in [2.45, 2.75) is 12.1 Å². The summed E-state index contributed by atoms with van der Waals surface area (Å²) in [5, 5.41) is 13.1. The maximum Gasteiger partial charge on any atom is 0.335 e. The Morgan fingerprint density at radius 2 is 1.86 bits per heavy atom. The van der Waals surface area contributed by atoms with Crippen molar-refractivity contribution in [2.24, 2.45) is 0 Å². The lowest BCUT2D eigenvalue weighted by molar-refractivity contribution is 0.0697. The quantitative estimate of drug-likeness (QED) is 0.330. The molecule has 1 saturated heterocycles. The molecule has 2 aromatic heterocycles. The summed E-state index contributed by atoms with van der Waals surface area (Å²) in [6.07, 6.45) is 1.74. The van der Waals surface area contributed by atoms with Gasteiger partial charge in [0, 0.05) is 17.8 Å². The highest BCUT2D eigenvalue weighted by molar-refractivity contribution is 7.80. The number of benzene rings is 2. The first-order valence-electron chi connectivity index (χ1n) is 11.2. The lowest BCUT2D eigenvalue weighted by Gasteiger charge is -2.27. The molecule has 0 bridgehead atoms. The fraction of sp³-hybridized carbons (Fsp3) is 0.148. The fourth-order valence-corrected chi connectivity index (χ4v) is 4.67. The number of ether oxygens (including phenoxy) is 2. The van der Waals surface area contributed by atoms with Crippen molar-refractivity contribution in [3.8, 4) is 22.8 Å². The van der Waals surface area contributed by atoms with Crippen LogP contribution in [0.1, 0.15) is 33.9 Å². The predicted octanol–water partition coefficient (Wildman–Crippen LogP) is 5.23. The van der Waals surface area contributed by atoms with E-state index in [0.29, 0.717) is 28.1 Å². The van der Waals surface area contributed by atoms with Crippen LogP contribution >= 0.6 is 12.2 Å². The normalized spacial score (nSPS) is 17.1. The Morgan fingerprint density at radius 3 is 2.53 bits per heavy atom. The maximum absolute atomic E-state index is 11.2. The van der Waals surface area contributed by atoms with Crippen LogP contribution in [0.5, 0.6) is 11.5 Å². The number of hydrogen-bond acceptors (Lipinski definition) is 6. The maximum atomic E-state index is 11.2. The van der Waals surface area contributed by atoms with Crippen LogP contribution in [0.3, 0.4) is 0 Å². The van der Waals surface area contributed by atoms with E-state index in [0.717, 1.165) is 16.9 Å². The Hall–Kier alpha value is -4.37. The highest BCUT2D eigenvalue weighted by Gasteiger charge is 2.43. The Kier molecular flexibility index (Phi) is 6.30. The second-order valence-electron chi connectivity index (χ2n) is 8.12. The third-order valence-corrected chi connectivity index (χ3v) is 6.39. The number of carboxylic acid groups (broad SMARTS) is 1. The minimum atomic E-state index is -0.977. The number of nitrogens with one attached hydrogen (secondary N) is 1. The summed E-state index contributed by atoms with van der Waals surface area (Å²) in [6, 6.07) is 20.9. The van der Waals surface area contributed by atoms with Gasteiger partial charge >= 0.3 is 5.97 Å². The van der Waals surface area contributed by atoms with E-state index in [1.54, 1.807) is 50.7 Å². The third kappa shape index (κ3) is 4.25. The number of pyridine rings is 1. The Labute approximate surface area is 213 Å². The van der Waals surface area contributed by atoms with Gasteiger partial charge in [0.05, 0.1) is 37.2 Å². The van der Waals surface area contributed by atoms with Crippen LogP contribution in [-0.4, -0.2) is 35.4 Å². The van der Waals surface area contributed by atoms with Crippen molar-refractivity contribution in [1.82, 2.24) is 10.3 Å². The minimum absolute atomic E-state index is 0.212. The number of aromatic carboxylic acids is 1. The summed E-state index contributed by atoms with van der Waals surface area (Å²) in [5.41, 5.74) is 2.54. The van der Waals surface area contributed by atoms with Gasteiger partial charge in [-0.1, -0.05) is 18.2 Å². The molecule has 9 heteroatoms. The van der Waals surface area contributed by atoms with Gasteiger partial charge in [-0.2, -0.15) is 0 Å². The largest absolute Gasteiger partial charge is 0.497 e. The summed E-state index contributed by atoms with van der Waals surface area (Å²) >= 11 is 5.79. The summed E-state index contributed by atoms with van der Waals surface area (Å²) in [6.45, 7) is 0. The van der Waals surface area contributed by atoms with Crippen LogP contribution in [0.2, 0.25) is 0 Å². The molecule has 0 unspecified atom stereocenters. The number of anilines is 1. The lowest BCUT2D eigenvalue weighted by Crippen LogP contribution is -2.29. The zero-order valence-corrected chi connectivity index (χ0v) is 20.4. The Bertz CT molecular complexity index is 1400. The smallest absolute Gasteiger partial charge is 0.335 e. The van der Waals surface area contributed by atoms with Gasteiger partial charge < -0.3 is 29.2 Å². The first kappa shape index (κ1) is 23.4. The van der Waals surface area contributed by atoms with Crippen molar-refractivity contribution in [2.75, 3.05) is 19.1 Å². The monoisotopic (exact) mass is 501 g/mol. The molecule has 1 fully saturated rings. The molecule has 0 aliphatic carbocycles. The van der Waals surface area contributed by atoms with E-state index in [-0.39, 0.29) is 17.6 Å². The number of thiocarbonyl (C=S) groups is 1. The number of rotatable bonds is 7. The molecule has 2 aromatic carbocycles. The van der Waals surface area contributed by atoms with E-state index in [4.69, 9.17) is 26.1 Å². The molecule has 0 amide bonds. The summed E-state index contributed by atoms with van der Waals surface area (Å²) < 4.78 is 17.4. The minimum Gasteiger partial charge on any atom is -0.497 e. The molecule has 5 rings (SSSR count). The van der Waals surface area contributed by atoms with E-state index < -0.39 is 5.97 Å². The molecule has 2 atom stereocenters. The molecule has 2 N–H and O–H groups in total. The standard InChI is InChI=1S/C27H23N3O5S/c1-33-18-10-11-20(23(15-18)34-2)30-25(24(29-27(30)36)19-5-3-4-14-28-19)22-13-12-21(35-22)16-6-8-17(9-7-16)26(31)32/h3-15,24-25H,1-2H3,(H,29,36)(H,31,32)/t24-,25+/m1/s1. The van der Waals surface area contributed by atoms with Gasteiger partial charge in [0.2, 0.25) is 0 Å². The highest BCUT2D eigenvalue weighted by atomic mass is 32.1. The Morgan fingerprint density at radius 1 is 1.06 bits per heavy atom. The van der Waals surface area contributed by atoms with Crippen LogP contribution < -0.4 is 19.7 Å².